The van der Waals surface area contributed by atoms with Crippen LogP contribution in [0.25, 0.3) is 0 Å². The van der Waals surface area contributed by atoms with E-state index < -0.39 is 10.0 Å². The zero-order valence-corrected chi connectivity index (χ0v) is 19.0. The lowest BCUT2D eigenvalue weighted by atomic mass is 10.0. The fraction of sp³-hybridized carbons (Fsp3) is 0.304. The third kappa shape index (κ3) is 5.28. The van der Waals surface area contributed by atoms with Crippen molar-refractivity contribution < 1.29 is 17.9 Å². The van der Waals surface area contributed by atoms with Gasteiger partial charge >= 0.3 is 0 Å². The van der Waals surface area contributed by atoms with E-state index in [0.29, 0.717) is 24.0 Å². The number of ether oxygens (including phenoxy) is 2. The molecule has 168 valence electrons. The number of nitrogens with one attached hydrogen (secondary N) is 2. The lowest BCUT2D eigenvalue weighted by molar-refractivity contribution is 0.269. The van der Waals surface area contributed by atoms with E-state index in [-0.39, 0.29) is 28.6 Å². The molecule has 0 unspecified atom stereocenters. The van der Waals surface area contributed by atoms with Crippen LogP contribution in [-0.4, -0.2) is 31.0 Å². The van der Waals surface area contributed by atoms with E-state index in [2.05, 4.69) is 33.9 Å². The molecule has 0 aliphatic carbocycles. The van der Waals surface area contributed by atoms with Gasteiger partial charge in [-0.1, -0.05) is 38.1 Å². The monoisotopic (exact) mass is 454 g/mol. The molecule has 4 rings (SSSR count). The number of hydrogen-bond donors (Lipinski definition) is 2. The molecule has 2 N–H and O–H groups in total. The van der Waals surface area contributed by atoms with Gasteiger partial charge in [-0.15, -0.1) is 0 Å². The second-order valence-electron chi connectivity index (χ2n) is 8.15. The van der Waals surface area contributed by atoms with Gasteiger partial charge in [0, 0.05) is 5.69 Å². The van der Waals surface area contributed by atoms with Crippen molar-refractivity contribution in [3.05, 3.63) is 60.2 Å². The summed E-state index contributed by atoms with van der Waals surface area (Å²) in [6.07, 6.45) is 0.833. The fourth-order valence-electron chi connectivity index (χ4n) is 3.45. The van der Waals surface area contributed by atoms with Gasteiger partial charge in [0.2, 0.25) is 17.7 Å². The van der Waals surface area contributed by atoms with Crippen LogP contribution in [0.15, 0.2) is 59.5 Å². The summed E-state index contributed by atoms with van der Waals surface area (Å²) in [4.78, 5) is 8.61. The minimum Gasteiger partial charge on any atom is -0.475 e. The predicted octanol–water partition coefficient (Wildman–Crippen LogP) is 4.60. The second kappa shape index (κ2) is 9.04. The maximum atomic E-state index is 13.0. The minimum absolute atomic E-state index is 0.0421. The lowest BCUT2D eigenvalue weighted by Crippen LogP contribution is -2.29. The zero-order valence-electron chi connectivity index (χ0n) is 18.2. The van der Waals surface area contributed by atoms with Crippen molar-refractivity contribution in [3.8, 4) is 17.5 Å². The molecule has 0 fully saturated rings. The molecule has 3 aromatic rings. The molecular formula is C23H26N4O4S. The number of hydrogen-bond acceptors (Lipinski definition) is 7. The van der Waals surface area contributed by atoms with Gasteiger partial charge in [0.15, 0.2) is 0 Å². The summed E-state index contributed by atoms with van der Waals surface area (Å²) in [6, 6.07) is 15.7. The number of rotatable bonds is 4. The fourth-order valence-corrected chi connectivity index (χ4v) is 4.44. The highest BCUT2D eigenvalue weighted by molar-refractivity contribution is 7.92. The molecule has 0 amide bonds. The molecule has 1 aromatic heterocycles. The van der Waals surface area contributed by atoms with Crippen LogP contribution in [0.1, 0.15) is 25.8 Å². The summed E-state index contributed by atoms with van der Waals surface area (Å²) in [5, 5.41) is 3.38. The first kappa shape index (κ1) is 21.9. The molecule has 9 heteroatoms. The summed E-state index contributed by atoms with van der Waals surface area (Å²) in [5.41, 5.74) is 1.62. The van der Waals surface area contributed by atoms with Gasteiger partial charge in [-0.05, 0) is 49.1 Å². The number of aromatic nitrogens is 2. The van der Waals surface area contributed by atoms with Gasteiger partial charge in [0.05, 0.1) is 17.0 Å². The third-order valence-corrected chi connectivity index (χ3v) is 6.24. The largest absolute Gasteiger partial charge is 0.475 e. The topological polar surface area (TPSA) is 102 Å². The van der Waals surface area contributed by atoms with Gasteiger partial charge < -0.3 is 14.8 Å². The van der Waals surface area contributed by atoms with Crippen molar-refractivity contribution >= 4 is 21.7 Å². The number of fused-ring (bicyclic) bond motifs is 4. The minimum atomic E-state index is -3.91. The smallest absolute Gasteiger partial charge is 0.264 e. The van der Waals surface area contributed by atoms with Crippen LogP contribution < -0.4 is 19.5 Å². The third-order valence-electron chi connectivity index (χ3n) is 4.92. The Balaban J connectivity index is 1.74. The van der Waals surface area contributed by atoms with Crippen molar-refractivity contribution in [1.82, 2.24) is 9.97 Å². The molecule has 8 nitrogen and oxygen atoms in total. The molecule has 4 bridgehead atoms. The van der Waals surface area contributed by atoms with E-state index in [0.717, 1.165) is 12.0 Å². The maximum Gasteiger partial charge on any atom is 0.264 e. The van der Waals surface area contributed by atoms with Crippen LogP contribution in [0.4, 0.5) is 11.6 Å². The quantitative estimate of drug-likeness (QED) is 0.594. The summed E-state index contributed by atoms with van der Waals surface area (Å²) in [6.45, 7) is 6.51. The van der Waals surface area contributed by atoms with Gasteiger partial charge in [-0.2, -0.15) is 9.97 Å². The zero-order chi connectivity index (χ0) is 22.7. The van der Waals surface area contributed by atoms with Crippen LogP contribution in [0.3, 0.4) is 0 Å². The van der Waals surface area contributed by atoms with E-state index in [1.165, 1.54) is 6.07 Å². The SMILES string of the molecule is Cc1ccccc1Oc1cc2nc(n1)NS(=O)(=O)c1cccc(c1)N[C@H](CC(C)C)CO2. The molecule has 0 saturated heterocycles. The van der Waals surface area contributed by atoms with Crippen molar-refractivity contribution in [1.29, 1.82) is 0 Å². The standard InChI is InChI=1S/C23H26N4O4S/c1-15(2)11-18-14-30-21-13-22(31-20-10-5-4-7-16(20)3)26-23(25-21)27-32(28,29)19-9-6-8-17(12-19)24-18/h4-10,12-13,15,18,24H,11,14H2,1-3H3,(H,25,26,27)/t18-/m1/s1. The number of aryl methyl sites for hydroxylation is 1. The Bertz CT molecular complexity index is 1210. The number of benzene rings is 2. The molecule has 1 aliphatic rings. The Morgan fingerprint density at radius 2 is 1.94 bits per heavy atom. The summed E-state index contributed by atoms with van der Waals surface area (Å²) >= 11 is 0. The molecular weight excluding hydrogens is 428 g/mol. The van der Waals surface area contributed by atoms with Crippen molar-refractivity contribution in [2.24, 2.45) is 5.92 Å². The van der Waals surface area contributed by atoms with E-state index in [1.807, 2.05) is 37.3 Å². The average Bonchev–Trinajstić information content (AvgIpc) is 2.72. The highest BCUT2D eigenvalue weighted by Crippen LogP contribution is 2.28. The first-order chi connectivity index (χ1) is 15.3. The number of para-hydroxylation sites is 1. The Hall–Kier alpha value is -3.33. The van der Waals surface area contributed by atoms with E-state index >= 15 is 0 Å². The van der Waals surface area contributed by atoms with Crippen LogP contribution in [0, 0.1) is 12.8 Å². The normalized spacial score (nSPS) is 17.2. The van der Waals surface area contributed by atoms with Gasteiger partial charge in [0.1, 0.15) is 12.4 Å². The van der Waals surface area contributed by atoms with Crippen molar-refractivity contribution in [3.63, 3.8) is 0 Å². The Morgan fingerprint density at radius 3 is 2.72 bits per heavy atom. The molecule has 2 aromatic carbocycles. The van der Waals surface area contributed by atoms with E-state index in [1.54, 1.807) is 18.2 Å². The van der Waals surface area contributed by atoms with E-state index in [9.17, 15) is 8.42 Å². The van der Waals surface area contributed by atoms with Crippen LogP contribution in [-0.2, 0) is 10.0 Å². The molecule has 32 heavy (non-hydrogen) atoms. The van der Waals surface area contributed by atoms with Crippen LogP contribution in [0.2, 0.25) is 0 Å². The molecule has 2 heterocycles. The van der Waals surface area contributed by atoms with Gasteiger partial charge in [0.25, 0.3) is 10.0 Å². The first-order valence-corrected chi connectivity index (χ1v) is 11.9. The highest BCUT2D eigenvalue weighted by atomic mass is 32.2. The lowest BCUT2D eigenvalue weighted by Gasteiger charge is -2.23. The average molecular weight is 455 g/mol. The highest BCUT2D eigenvalue weighted by Gasteiger charge is 2.21. The van der Waals surface area contributed by atoms with Crippen molar-refractivity contribution in [2.45, 2.75) is 38.1 Å². The van der Waals surface area contributed by atoms with E-state index in [4.69, 9.17) is 9.47 Å². The Labute approximate surface area is 188 Å². The second-order valence-corrected chi connectivity index (χ2v) is 9.83. The first-order valence-electron chi connectivity index (χ1n) is 10.4. The molecule has 1 atom stereocenters. The molecule has 0 radical (unpaired) electrons. The number of sulfonamides is 1. The molecule has 1 aliphatic heterocycles. The maximum absolute atomic E-state index is 13.0. The summed E-state index contributed by atoms with van der Waals surface area (Å²) in [7, 11) is -3.91. The molecule has 0 saturated carbocycles. The van der Waals surface area contributed by atoms with Crippen LogP contribution in [0.5, 0.6) is 17.5 Å². The van der Waals surface area contributed by atoms with Gasteiger partial charge in [-0.3, -0.25) is 0 Å². The molecule has 0 spiro atoms. The predicted molar refractivity (Wildman–Crippen MR) is 123 cm³/mol. The Kier molecular flexibility index (Phi) is 6.18. The van der Waals surface area contributed by atoms with Crippen molar-refractivity contribution in [2.75, 3.05) is 16.6 Å². The van der Waals surface area contributed by atoms with Crippen LogP contribution >= 0.6 is 0 Å². The number of nitrogens with zero attached hydrogens (tertiary/aromatic N) is 2. The number of anilines is 2. The summed E-state index contributed by atoms with van der Waals surface area (Å²) in [5.74, 6) is 1.31. The Morgan fingerprint density at radius 1 is 1.12 bits per heavy atom. The summed E-state index contributed by atoms with van der Waals surface area (Å²) < 4.78 is 40.2. The van der Waals surface area contributed by atoms with Gasteiger partial charge in [-0.25, -0.2) is 13.1 Å².